The van der Waals surface area contributed by atoms with Crippen molar-refractivity contribution in [3.8, 4) is 0 Å². The molecule has 1 amide bonds. The van der Waals surface area contributed by atoms with E-state index in [4.69, 9.17) is 0 Å². The summed E-state index contributed by atoms with van der Waals surface area (Å²) in [5.74, 6) is -0.0122. The van der Waals surface area contributed by atoms with Crippen LogP contribution in [-0.4, -0.2) is 5.91 Å². The number of hydrogen-bond donors (Lipinski definition) is 1. The van der Waals surface area contributed by atoms with Gasteiger partial charge < -0.3 is 5.32 Å². The summed E-state index contributed by atoms with van der Waals surface area (Å²) >= 11 is 0. The van der Waals surface area contributed by atoms with Crippen molar-refractivity contribution in [2.24, 2.45) is 0 Å². The highest BCUT2D eigenvalue weighted by molar-refractivity contribution is 5.92. The van der Waals surface area contributed by atoms with E-state index in [9.17, 15) is 4.79 Å². The van der Waals surface area contributed by atoms with E-state index in [1.165, 1.54) is 0 Å². The van der Waals surface area contributed by atoms with E-state index < -0.39 is 0 Å². The standard InChI is InChI=1S/C15H14NO/c1-12-6-5-9-14(10-12)16-15(17)11-13-7-3-2-4-8-13/h2-10H,1,11H2,(H,16,17). The lowest BCUT2D eigenvalue weighted by Crippen LogP contribution is -2.14. The molecule has 0 saturated carbocycles. The lowest BCUT2D eigenvalue weighted by atomic mass is 10.1. The third-order valence-corrected chi connectivity index (χ3v) is 2.42. The molecule has 0 aliphatic rings. The fourth-order valence-corrected chi connectivity index (χ4v) is 1.64. The predicted octanol–water partition coefficient (Wildman–Crippen LogP) is 3.05. The summed E-state index contributed by atoms with van der Waals surface area (Å²) in [6.45, 7) is 3.82. The maximum absolute atomic E-state index is 11.8. The molecule has 0 bridgehead atoms. The average Bonchev–Trinajstić information content (AvgIpc) is 2.30. The first-order chi connectivity index (χ1) is 8.24. The van der Waals surface area contributed by atoms with Crippen LogP contribution in [0.4, 0.5) is 5.69 Å². The Morgan fingerprint density at radius 2 is 1.82 bits per heavy atom. The van der Waals surface area contributed by atoms with Crippen LogP contribution in [0.15, 0.2) is 54.6 Å². The van der Waals surface area contributed by atoms with Gasteiger partial charge in [0.2, 0.25) is 5.91 Å². The minimum atomic E-state index is -0.0122. The van der Waals surface area contributed by atoms with E-state index in [1.807, 2.05) is 54.6 Å². The zero-order chi connectivity index (χ0) is 12.1. The van der Waals surface area contributed by atoms with Crippen molar-refractivity contribution < 1.29 is 4.79 Å². The van der Waals surface area contributed by atoms with Crippen LogP contribution in [0, 0.1) is 6.92 Å². The summed E-state index contributed by atoms with van der Waals surface area (Å²) in [5, 5.41) is 2.85. The van der Waals surface area contributed by atoms with Crippen molar-refractivity contribution in [1.29, 1.82) is 0 Å². The zero-order valence-corrected chi connectivity index (χ0v) is 9.52. The number of hydrogen-bond acceptors (Lipinski definition) is 1. The number of carbonyl (C=O) groups is 1. The topological polar surface area (TPSA) is 29.1 Å². The van der Waals surface area contributed by atoms with E-state index in [0.29, 0.717) is 6.42 Å². The van der Waals surface area contributed by atoms with Crippen LogP contribution in [0.25, 0.3) is 0 Å². The van der Waals surface area contributed by atoms with Gasteiger partial charge in [-0.3, -0.25) is 4.79 Å². The monoisotopic (exact) mass is 224 g/mol. The SMILES string of the molecule is [CH2]c1cccc(NC(=O)Cc2ccccc2)c1. The molecule has 0 spiro atoms. The van der Waals surface area contributed by atoms with Gasteiger partial charge in [0.25, 0.3) is 0 Å². The molecule has 0 aromatic heterocycles. The van der Waals surface area contributed by atoms with E-state index in [0.717, 1.165) is 16.8 Å². The molecule has 17 heavy (non-hydrogen) atoms. The van der Waals surface area contributed by atoms with E-state index >= 15 is 0 Å². The maximum atomic E-state index is 11.8. The number of rotatable bonds is 3. The normalized spacial score (nSPS) is 9.94. The summed E-state index contributed by atoms with van der Waals surface area (Å²) in [7, 11) is 0. The van der Waals surface area contributed by atoms with Crippen molar-refractivity contribution in [1.82, 2.24) is 0 Å². The molecule has 0 atom stereocenters. The third kappa shape index (κ3) is 3.45. The van der Waals surface area contributed by atoms with E-state index in [1.54, 1.807) is 0 Å². The quantitative estimate of drug-likeness (QED) is 0.853. The van der Waals surface area contributed by atoms with Crippen LogP contribution in [0.1, 0.15) is 11.1 Å². The maximum Gasteiger partial charge on any atom is 0.228 e. The number of anilines is 1. The molecule has 1 N–H and O–H groups in total. The number of carbonyl (C=O) groups excluding carboxylic acids is 1. The molecule has 2 aromatic rings. The largest absolute Gasteiger partial charge is 0.326 e. The lowest BCUT2D eigenvalue weighted by Gasteiger charge is -2.05. The van der Waals surface area contributed by atoms with Crippen LogP contribution < -0.4 is 5.32 Å². The summed E-state index contributed by atoms with van der Waals surface area (Å²) in [4.78, 5) is 11.8. The third-order valence-electron chi connectivity index (χ3n) is 2.42. The second-order valence-corrected chi connectivity index (χ2v) is 3.91. The first-order valence-corrected chi connectivity index (χ1v) is 5.50. The Hall–Kier alpha value is -2.09. The molecule has 0 aliphatic heterocycles. The fourth-order valence-electron chi connectivity index (χ4n) is 1.64. The van der Waals surface area contributed by atoms with E-state index in [2.05, 4.69) is 12.2 Å². The number of nitrogens with one attached hydrogen (secondary N) is 1. The molecule has 0 unspecified atom stereocenters. The Morgan fingerprint density at radius 3 is 2.53 bits per heavy atom. The summed E-state index contributed by atoms with van der Waals surface area (Å²) in [5.41, 5.74) is 2.69. The fraction of sp³-hybridized carbons (Fsp3) is 0.0667. The van der Waals surface area contributed by atoms with Gasteiger partial charge in [0.1, 0.15) is 0 Å². The molecule has 0 saturated heterocycles. The minimum absolute atomic E-state index is 0.0122. The second-order valence-electron chi connectivity index (χ2n) is 3.91. The van der Waals surface area contributed by atoms with Crippen molar-refractivity contribution in [3.63, 3.8) is 0 Å². The first-order valence-electron chi connectivity index (χ1n) is 5.50. The number of benzene rings is 2. The minimum Gasteiger partial charge on any atom is -0.326 e. The van der Waals surface area contributed by atoms with Crippen LogP contribution in [0.3, 0.4) is 0 Å². The Morgan fingerprint density at radius 1 is 1.06 bits per heavy atom. The van der Waals surface area contributed by atoms with E-state index in [-0.39, 0.29) is 5.91 Å². The van der Waals surface area contributed by atoms with Gasteiger partial charge >= 0.3 is 0 Å². The van der Waals surface area contributed by atoms with Gasteiger partial charge in [-0.1, -0.05) is 42.5 Å². The predicted molar refractivity (Wildman–Crippen MR) is 69.7 cm³/mol. The highest BCUT2D eigenvalue weighted by Gasteiger charge is 2.03. The smallest absolute Gasteiger partial charge is 0.228 e. The van der Waals surface area contributed by atoms with Crippen molar-refractivity contribution in [3.05, 3.63) is 72.6 Å². The van der Waals surface area contributed by atoms with Crippen LogP contribution in [-0.2, 0) is 11.2 Å². The summed E-state index contributed by atoms with van der Waals surface area (Å²) < 4.78 is 0. The molecular weight excluding hydrogens is 210 g/mol. The molecule has 0 fully saturated rings. The van der Waals surface area contributed by atoms with Gasteiger partial charge in [0, 0.05) is 5.69 Å². The molecule has 0 aliphatic carbocycles. The average molecular weight is 224 g/mol. The van der Waals surface area contributed by atoms with Crippen molar-refractivity contribution >= 4 is 11.6 Å². The zero-order valence-electron chi connectivity index (χ0n) is 9.52. The van der Waals surface area contributed by atoms with Gasteiger partial charge in [-0.2, -0.15) is 0 Å². The van der Waals surface area contributed by atoms with Crippen LogP contribution in [0.2, 0.25) is 0 Å². The van der Waals surface area contributed by atoms with Gasteiger partial charge in [0.05, 0.1) is 6.42 Å². The second kappa shape index (κ2) is 5.30. The number of amides is 1. The van der Waals surface area contributed by atoms with Gasteiger partial charge in [-0.25, -0.2) is 0 Å². The molecule has 2 heteroatoms. The Bertz CT molecular complexity index is 505. The first kappa shape index (κ1) is 11.4. The molecule has 2 nitrogen and oxygen atoms in total. The van der Waals surface area contributed by atoms with Crippen molar-refractivity contribution in [2.75, 3.05) is 5.32 Å². The van der Waals surface area contributed by atoms with Gasteiger partial charge in [0.15, 0.2) is 0 Å². The highest BCUT2D eigenvalue weighted by Crippen LogP contribution is 2.10. The molecular formula is C15H14NO. The van der Waals surface area contributed by atoms with Crippen LogP contribution >= 0.6 is 0 Å². The Labute approximate surface area is 101 Å². The summed E-state index contributed by atoms with van der Waals surface area (Å²) in [6, 6.07) is 17.2. The molecule has 2 rings (SSSR count). The molecule has 1 radical (unpaired) electrons. The van der Waals surface area contributed by atoms with Crippen molar-refractivity contribution in [2.45, 2.75) is 6.42 Å². The molecule has 85 valence electrons. The molecule has 2 aromatic carbocycles. The lowest BCUT2D eigenvalue weighted by molar-refractivity contribution is -0.115. The Kier molecular flexibility index (Phi) is 3.55. The summed E-state index contributed by atoms with van der Waals surface area (Å²) in [6.07, 6.45) is 0.391. The highest BCUT2D eigenvalue weighted by atomic mass is 16.1. The Balaban J connectivity index is 1.98. The van der Waals surface area contributed by atoms with Gasteiger partial charge in [-0.05, 0) is 30.2 Å². The van der Waals surface area contributed by atoms with Crippen LogP contribution in [0.5, 0.6) is 0 Å². The van der Waals surface area contributed by atoms with Gasteiger partial charge in [-0.15, -0.1) is 0 Å². The molecule has 0 heterocycles.